The van der Waals surface area contributed by atoms with Gasteiger partial charge in [0.25, 0.3) is 0 Å². The number of aliphatic hydroxyl groups excluding tert-OH is 3. The van der Waals surface area contributed by atoms with E-state index in [-0.39, 0.29) is 46.6 Å². The molecule has 1 aliphatic rings. The van der Waals surface area contributed by atoms with Crippen molar-refractivity contribution in [3.05, 3.63) is 12.7 Å². The normalized spacial score (nSPS) is 28.5. The Morgan fingerprint density at radius 1 is 1.30 bits per heavy atom. The summed E-state index contributed by atoms with van der Waals surface area (Å²) in [4.78, 5) is 21.9. The summed E-state index contributed by atoms with van der Waals surface area (Å²) in [5.41, 5.74) is 0.143. The monoisotopic (exact) mass is 334 g/mol. The van der Waals surface area contributed by atoms with E-state index >= 15 is 0 Å². The Kier molecular flexibility index (Phi) is 5.20. The SMILES string of the molecule is O=C([O-])C(O)[C@H]1O[C@@H](n2cnc3c(O)ncnc32)[C@H](O)[C@@H]1O.[Na+]. The van der Waals surface area contributed by atoms with E-state index < -0.39 is 36.6 Å². The summed E-state index contributed by atoms with van der Waals surface area (Å²) in [6.45, 7) is 0. The molecule has 1 saturated heterocycles. The van der Waals surface area contributed by atoms with Gasteiger partial charge in [-0.15, -0.1) is 0 Å². The maximum absolute atomic E-state index is 10.7. The molecule has 3 rings (SSSR count). The molecule has 0 aliphatic carbocycles. The number of hydrogen-bond donors (Lipinski definition) is 4. The van der Waals surface area contributed by atoms with Crippen molar-refractivity contribution in [1.82, 2.24) is 19.5 Å². The van der Waals surface area contributed by atoms with Crippen LogP contribution < -0.4 is 34.7 Å². The predicted octanol–water partition coefficient (Wildman–Crippen LogP) is -6.73. The van der Waals surface area contributed by atoms with Crippen molar-refractivity contribution < 1.29 is 64.6 Å². The molecule has 1 fully saturated rings. The van der Waals surface area contributed by atoms with Gasteiger partial charge in [-0.25, -0.2) is 9.97 Å². The largest absolute Gasteiger partial charge is 1.00 e. The molecule has 2 aromatic heterocycles. The van der Waals surface area contributed by atoms with E-state index in [4.69, 9.17) is 4.74 Å². The van der Waals surface area contributed by atoms with E-state index in [0.717, 1.165) is 6.33 Å². The van der Waals surface area contributed by atoms with Crippen LogP contribution in [0.3, 0.4) is 0 Å². The van der Waals surface area contributed by atoms with E-state index in [1.165, 1.54) is 10.9 Å². The van der Waals surface area contributed by atoms with Gasteiger partial charge in [0.1, 0.15) is 30.7 Å². The summed E-state index contributed by atoms with van der Waals surface area (Å²) in [6.07, 6.45) is -5.94. The molecule has 0 radical (unpaired) electrons. The fraction of sp³-hybridized carbons (Fsp3) is 0.455. The van der Waals surface area contributed by atoms with Crippen molar-refractivity contribution in [1.29, 1.82) is 0 Å². The molecular formula is C11H11N4NaO7. The van der Waals surface area contributed by atoms with Gasteiger partial charge < -0.3 is 35.1 Å². The number of imidazole rings is 1. The Hall–Kier alpha value is -1.34. The number of carboxylic acids is 1. The number of carboxylic acid groups (broad SMARTS) is 1. The van der Waals surface area contributed by atoms with Crippen LogP contribution in [-0.2, 0) is 9.53 Å². The van der Waals surface area contributed by atoms with Crippen LogP contribution in [0.5, 0.6) is 5.88 Å². The minimum absolute atomic E-state index is 0. The number of aromatic nitrogens is 4. The predicted molar refractivity (Wildman–Crippen MR) is 63.9 cm³/mol. The smallest absolute Gasteiger partial charge is 0.547 e. The molecule has 0 spiro atoms. The van der Waals surface area contributed by atoms with Crippen LogP contribution in [0.1, 0.15) is 6.23 Å². The Morgan fingerprint density at radius 2 is 2.00 bits per heavy atom. The van der Waals surface area contributed by atoms with Gasteiger partial charge >= 0.3 is 29.6 Å². The zero-order valence-electron chi connectivity index (χ0n) is 11.8. The number of aromatic hydroxyl groups is 1. The van der Waals surface area contributed by atoms with E-state index in [9.17, 15) is 30.3 Å². The van der Waals surface area contributed by atoms with Gasteiger partial charge in [-0.05, 0) is 0 Å². The zero-order chi connectivity index (χ0) is 16.0. The molecule has 0 bridgehead atoms. The minimum Gasteiger partial charge on any atom is -0.547 e. The Labute approximate surface area is 150 Å². The third kappa shape index (κ3) is 2.92. The quantitative estimate of drug-likeness (QED) is 0.395. The standard InChI is InChI=1S/C11H12N4O7.Na/c16-4-5(17)10(22-7(4)6(18)11(20)21)15-2-14-3-8(15)12-1-13-9(3)19;/h1-2,4-7,10,16-18H,(H,20,21)(H,12,13,19);/q;+1/p-1/t4-,5+,6?,7-,10+;/m0./s1. The molecule has 0 aromatic carbocycles. The first-order valence-corrected chi connectivity index (χ1v) is 6.19. The second-order valence-electron chi connectivity index (χ2n) is 4.76. The fourth-order valence-electron chi connectivity index (χ4n) is 2.34. The van der Waals surface area contributed by atoms with E-state index in [2.05, 4.69) is 15.0 Å². The molecule has 1 aliphatic heterocycles. The first-order valence-electron chi connectivity index (χ1n) is 6.19. The molecule has 0 saturated carbocycles. The number of fused-ring (bicyclic) bond motifs is 1. The van der Waals surface area contributed by atoms with E-state index in [0.29, 0.717) is 0 Å². The van der Waals surface area contributed by atoms with Crippen LogP contribution in [0.4, 0.5) is 0 Å². The summed E-state index contributed by atoms with van der Waals surface area (Å²) in [5.74, 6) is -2.23. The van der Waals surface area contributed by atoms with Gasteiger partial charge in [0, 0.05) is 0 Å². The first kappa shape index (κ1) is 18.0. The Bertz CT molecular complexity index is 725. The van der Waals surface area contributed by atoms with Crippen molar-refractivity contribution in [2.75, 3.05) is 0 Å². The summed E-state index contributed by atoms with van der Waals surface area (Å²) < 4.78 is 6.40. The first-order chi connectivity index (χ1) is 10.4. The molecule has 5 atom stereocenters. The molecular weight excluding hydrogens is 323 g/mol. The molecule has 11 nitrogen and oxygen atoms in total. The summed E-state index contributed by atoms with van der Waals surface area (Å²) in [5, 5.41) is 49.5. The van der Waals surface area contributed by atoms with E-state index in [1.807, 2.05) is 0 Å². The molecule has 4 N–H and O–H groups in total. The van der Waals surface area contributed by atoms with Crippen molar-refractivity contribution in [2.45, 2.75) is 30.6 Å². The van der Waals surface area contributed by atoms with E-state index in [1.54, 1.807) is 0 Å². The topological polar surface area (TPSA) is 174 Å². The van der Waals surface area contributed by atoms with Gasteiger partial charge in [-0.3, -0.25) is 4.57 Å². The number of hydrogen-bond acceptors (Lipinski definition) is 10. The minimum atomic E-state index is -2.12. The van der Waals surface area contributed by atoms with Crippen molar-refractivity contribution in [3.63, 3.8) is 0 Å². The maximum Gasteiger partial charge on any atom is 1.00 e. The molecule has 12 heteroatoms. The average molecular weight is 334 g/mol. The van der Waals surface area contributed by atoms with Gasteiger partial charge in [-0.1, -0.05) is 0 Å². The Morgan fingerprint density at radius 3 is 2.65 bits per heavy atom. The molecule has 3 heterocycles. The molecule has 0 amide bonds. The third-order valence-electron chi connectivity index (χ3n) is 3.44. The number of carbonyl (C=O) groups excluding carboxylic acids is 1. The summed E-state index contributed by atoms with van der Waals surface area (Å²) >= 11 is 0. The maximum atomic E-state index is 10.7. The number of aliphatic carboxylic acids is 1. The summed E-state index contributed by atoms with van der Waals surface area (Å²) in [6, 6.07) is 0. The second-order valence-corrected chi connectivity index (χ2v) is 4.76. The average Bonchev–Trinajstić information content (AvgIpc) is 3.02. The van der Waals surface area contributed by atoms with Crippen molar-refractivity contribution in [2.24, 2.45) is 0 Å². The van der Waals surface area contributed by atoms with Crippen LogP contribution in [0.2, 0.25) is 0 Å². The van der Waals surface area contributed by atoms with Crippen molar-refractivity contribution >= 4 is 17.1 Å². The number of nitrogens with zero attached hydrogens (tertiary/aromatic N) is 4. The molecule has 1 unspecified atom stereocenters. The van der Waals surface area contributed by atoms with Crippen LogP contribution >= 0.6 is 0 Å². The number of aliphatic hydroxyl groups is 3. The third-order valence-corrected chi connectivity index (χ3v) is 3.44. The zero-order valence-corrected chi connectivity index (χ0v) is 13.8. The van der Waals surface area contributed by atoms with Crippen LogP contribution in [0.15, 0.2) is 12.7 Å². The fourth-order valence-corrected chi connectivity index (χ4v) is 2.34. The number of carbonyl (C=O) groups is 1. The Balaban J connectivity index is 0.00000192. The molecule has 2 aromatic rings. The number of ether oxygens (including phenoxy) is 1. The van der Waals surface area contributed by atoms with Gasteiger partial charge in [-0.2, -0.15) is 4.98 Å². The molecule has 118 valence electrons. The van der Waals surface area contributed by atoms with Crippen LogP contribution in [0.25, 0.3) is 11.2 Å². The van der Waals surface area contributed by atoms with Crippen LogP contribution in [-0.4, -0.2) is 70.3 Å². The van der Waals surface area contributed by atoms with Crippen LogP contribution in [0, 0.1) is 0 Å². The van der Waals surface area contributed by atoms with Gasteiger partial charge in [0.15, 0.2) is 17.4 Å². The second kappa shape index (κ2) is 6.65. The van der Waals surface area contributed by atoms with Crippen molar-refractivity contribution in [3.8, 4) is 5.88 Å². The summed E-state index contributed by atoms with van der Waals surface area (Å²) in [7, 11) is 0. The van der Waals surface area contributed by atoms with Gasteiger partial charge in [0.2, 0.25) is 5.88 Å². The molecule has 23 heavy (non-hydrogen) atoms. The van der Waals surface area contributed by atoms with Gasteiger partial charge in [0.05, 0.1) is 12.3 Å². The number of rotatable bonds is 3.